The third kappa shape index (κ3) is 3.59. The number of carboxylic acids is 1. The number of thioether (sulfide) groups is 1. The lowest BCUT2D eigenvalue weighted by Crippen LogP contribution is -2.31. The van der Waals surface area contributed by atoms with E-state index in [2.05, 4.69) is 10.2 Å². The van der Waals surface area contributed by atoms with E-state index >= 15 is 0 Å². The Bertz CT molecular complexity index is 744. The van der Waals surface area contributed by atoms with Crippen LogP contribution in [0.3, 0.4) is 0 Å². The number of benzene rings is 1. The van der Waals surface area contributed by atoms with Crippen molar-refractivity contribution < 1.29 is 14.7 Å². The molecule has 24 heavy (non-hydrogen) atoms. The summed E-state index contributed by atoms with van der Waals surface area (Å²) in [5.41, 5.74) is 2.10. The number of amides is 1. The molecule has 0 bridgehead atoms. The predicted molar refractivity (Wildman–Crippen MR) is 89.1 cm³/mol. The fourth-order valence-electron chi connectivity index (χ4n) is 2.61. The molecular formula is C16H18N4O3S. The van der Waals surface area contributed by atoms with Crippen molar-refractivity contribution in [2.45, 2.75) is 18.5 Å². The molecule has 1 unspecified atom stereocenters. The lowest BCUT2D eigenvalue weighted by Gasteiger charge is -2.15. The Labute approximate surface area is 143 Å². The first-order valence-corrected chi connectivity index (χ1v) is 8.63. The molecule has 1 saturated heterocycles. The second-order valence-electron chi connectivity index (χ2n) is 5.77. The SMILES string of the molecule is Cc1ccc(-n2cnnc2SCC(=O)N2CCC(C(=O)O)C2)cc1. The molecule has 1 aromatic carbocycles. The van der Waals surface area contributed by atoms with Crippen LogP contribution in [0.1, 0.15) is 12.0 Å². The minimum atomic E-state index is -0.836. The number of hydrogen-bond donors (Lipinski definition) is 1. The summed E-state index contributed by atoms with van der Waals surface area (Å²) in [6.07, 6.45) is 2.14. The van der Waals surface area contributed by atoms with Gasteiger partial charge in [-0.3, -0.25) is 14.2 Å². The maximum absolute atomic E-state index is 12.3. The molecule has 1 aliphatic heterocycles. The highest BCUT2D eigenvalue weighted by Crippen LogP contribution is 2.22. The van der Waals surface area contributed by atoms with E-state index in [9.17, 15) is 9.59 Å². The highest BCUT2D eigenvalue weighted by atomic mass is 32.2. The highest BCUT2D eigenvalue weighted by Gasteiger charge is 2.30. The molecule has 0 aliphatic carbocycles. The number of carbonyl (C=O) groups excluding carboxylic acids is 1. The standard InChI is InChI=1S/C16H18N4O3S/c1-11-2-4-13(5-3-11)20-10-17-18-16(20)24-9-14(21)19-7-6-12(8-19)15(22)23/h2-5,10,12H,6-9H2,1H3,(H,22,23). The van der Waals surface area contributed by atoms with Crippen LogP contribution in [0.4, 0.5) is 0 Å². The summed E-state index contributed by atoms with van der Waals surface area (Å²) in [5, 5.41) is 17.6. The van der Waals surface area contributed by atoms with Crippen molar-refractivity contribution in [3.63, 3.8) is 0 Å². The molecule has 3 rings (SSSR count). The summed E-state index contributed by atoms with van der Waals surface area (Å²) in [6.45, 7) is 2.81. The molecule has 7 nitrogen and oxygen atoms in total. The number of aromatic nitrogens is 3. The van der Waals surface area contributed by atoms with Crippen LogP contribution in [-0.2, 0) is 9.59 Å². The molecule has 1 aromatic heterocycles. The summed E-state index contributed by atoms with van der Waals surface area (Å²) in [5.74, 6) is -1.13. The van der Waals surface area contributed by atoms with Gasteiger partial charge in [0.15, 0.2) is 5.16 Å². The maximum Gasteiger partial charge on any atom is 0.308 e. The molecule has 0 radical (unpaired) electrons. The molecule has 1 fully saturated rings. The fourth-order valence-corrected chi connectivity index (χ4v) is 3.44. The van der Waals surface area contributed by atoms with Crippen molar-refractivity contribution >= 4 is 23.6 Å². The van der Waals surface area contributed by atoms with Gasteiger partial charge in [-0.15, -0.1) is 10.2 Å². The first-order valence-electron chi connectivity index (χ1n) is 7.65. The van der Waals surface area contributed by atoms with Crippen LogP contribution < -0.4 is 0 Å². The topological polar surface area (TPSA) is 88.3 Å². The summed E-state index contributed by atoms with van der Waals surface area (Å²) in [6, 6.07) is 7.96. The van der Waals surface area contributed by atoms with Crippen LogP contribution in [0.15, 0.2) is 35.7 Å². The van der Waals surface area contributed by atoms with Gasteiger partial charge in [-0.2, -0.15) is 0 Å². The number of aliphatic carboxylic acids is 1. The van der Waals surface area contributed by atoms with Crippen molar-refractivity contribution in [2.24, 2.45) is 5.92 Å². The van der Waals surface area contributed by atoms with Crippen molar-refractivity contribution in [2.75, 3.05) is 18.8 Å². The molecule has 126 valence electrons. The van der Waals surface area contributed by atoms with E-state index in [1.54, 1.807) is 11.2 Å². The summed E-state index contributed by atoms with van der Waals surface area (Å²) in [7, 11) is 0. The Morgan fingerprint density at radius 3 is 2.75 bits per heavy atom. The second-order valence-corrected chi connectivity index (χ2v) is 6.71. The molecule has 2 aromatic rings. The van der Waals surface area contributed by atoms with E-state index in [0.29, 0.717) is 24.7 Å². The van der Waals surface area contributed by atoms with Gasteiger partial charge in [0.1, 0.15) is 6.33 Å². The van der Waals surface area contributed by atoms with Gasteiger partial charge in [0.2, 0.25) is 5.91 Å². The van der Waals surface area contributed by atoms with Gasteiger partial charge in [-0.05, 0) is 25.5 Å². The van der Waals surface area contributed by atoms with Gasteiger partial charge >= 0.3 is 5.97 Å². The lowest BCUT2D eigenvalue weighted by molar-refractivity contribution is -0.141. The number of nitrogens with zero attached hydrogens (tertiary/aromatic N) is 4. The minimum absolute atomic E-state index is 0.0674. The van der Waals surface area contributed by atoms with Crippen molar-refractivity contribution in [1.29, 1.82) is 0 Å². The Hall–Kier alpha value is -2.35. The Kier molecular flexibility index (Phi) is 4.84. The third-order valence-electron chi connectivity index (χ3n) is 4.04. The smallest absolute Gasteiger partial charge is 0.308 e. The summed E-state index contributed by atoms with van der Waals surface area (Å²) >= 11 is 1.31. The molecule has 0 spiro atoms. The van der Waals surface area contributed by atoms with Crippen LogP contribution in [0.5, 0.6) is 0 Å². The zero-order valence-corrected chi connectivity index (χ0v) is 14.1. The normalized spacial score (nSPS) is 17.2. The number of carbonyl (C=O) groups is 2. The first-order chi connectivity index (χ1) is 11.5. The van der Waals surface area contributed by atoms with E-state index < -0.39 is 11.9 Å². The lowest BCUT2D eigenvalue weighted by atomic mass is 10.1. The summed E-state index contributed by atoms with van der Waals surface area (Å²) < 4.78 is 1.83. The van der Waals surface area contributed by atoms with E-state index in [0.717, 1.165) is 5.69 Å². The van der Waals surface area contributed by atoms with Gasteiger partial charge in [-0.1, -0.05) is 29.5 Å². The first kappa shape index (κ1) is 16.5. The second kappa shape index (κ2) is 7.04. The van der Waals surface area contributed by atoms with Crippen LogP contribution in [0.25, 0.3) is 5.69 Å². The van der Waals surface area contributed by atoms with Crippen LogP contribution >= 0.6 is 11.8 Å². The fraction of sp³-hybridized carbons (Fsp3) is 0.375. The van der Waals surface area contributed by atoms with E-state index in [1.807, 2.05) is 35.8 Å². The third-order valence-corrected chi connectivity index (χ3v) is 4.97. The maximum atomic E-state index is 12.3. The van der Waals surface area contributed by atoms with Crippen molar-refractivity contribution in [1.82, 2.24) is 19.7 Å². The molecule has 2 heterocycles. The number of likely N-dealkylation sites (tertiary alicyclic amines) is 1. The van der Waals surface area contributed by atoms with Gasteiger partial charge < -0.3 is 10.0 Å². The van der Waals surface area contributed by atoms with Crippen LogP contribution in [0.2, 0.25) is 0 Å². The van der Waals surface area contributed by atoms with Gasteiger partial charge in [0.05, 0.1) is 11.7 Å². The zero-order valence-electron chi connectivity index (χ0n) is 13.3. The Morgan fingerprint density at radius 2 is 2.08 bits per heavy atom. The number of rotatable bonds is 5. The van der Waals surface area contributed by atoms with Crippen molar-refractivity contribution in [3.05, 3.63) is 36.2 Å². The summed E-state index contributed by atoms with van der Waals surface area (Å²) in [4.78, 5) is 24.8. The molecule has 8 heteroatoms. The van der Waals surface area contributed by atoms with E-state index in [4.69, 9.17) is 5.11 Å². The van der Waals surface area contributed by atoms with Crippen LogP contribution in [-0.4, -0.2) is 55.5 Å². The molecule has 1 aliphatic rings. The van der Waals surface area contributed by atoms with Gasteiger partial charge in [0.25, 0.3) is 0 Å². The Morgan fingerprint density at radius 1 is 1.33 bits per heavy atom. The molecule has 1 N–H and O–H groups in total. The van der Waals surface area contributed by atoms with E-state index in [-0.39, 0.29) is 11.7 Å². The van der Waals surface area contributed by atoms with Crippen molar-refractivity contribution in [3.8, 4) is 5.69 Å². The average Bonchev–Trinajstić information content (AvgIpc) is 3.23. The number of aryl methyl sites for hydroxylation is 1. The molecule has 1 amide bonds. The molecular weight excluding hydrogens is 328 g/mol. The number of carboxylic acid groups (broad SMARTS) is 1. The Balaban J connectivity index is 1.62. The molecule has 1 atom stereocenters. The van der Waals surface area contributed by atoms with Gasteiger partial charge in [0, 0.05) is 18.8 Å². The highest BCUT2D eigenvalue weighted by molar-refractivity contribution is 7.99. The quantitative estimate of drug-likeness (QED) is 0.828. The zero-order chi connectivity index (χ0) is 17.1. The average molecular weight is 346 g/mol. The predicted octanol–water partition coefficient (Wildman–Crippen LogP) is 1.60. The van der Waals surface area contributed by atoms with Gasteiger partial charge in [-0.25, -0.2) is 0 Å². The molecule has 0 saturated carbocycles. The number of hydrogen-bond acceptors (Lipinski definition) is 5. The monoisotopic (exact) mass is 346 g/mol. The van der Waals surface area contributed by atoms with Crippen LogP contribution in [0, 0.1) is 12.8 Å². The minimum Gasteiger partial charge on any atom is -0.481 e. The largest absolute Gasteiger partial charge is 0.481 e. The van der Waals surface area contributed by atoms with E-state index in [1.165, 1.54) is 17.3 Å².